The fraction of sp³-hybridized carbons (Fsp3) is 0.250. The summed E-state index contributed by atoms with van der Waals surface area (Å²) in [6, 6.07) is 1.36. The van der Waals surface area contributed by atoms with Gasteiger partial charge in [0.15, 0.2) is 11.9 Å². The minimum absolute atomic E-state index is 0.569. The van der Waals surface area contributed by atoms with Crippen LogP contribution in [0.15, 0.2) is 12.1 Å². The molecule has 0 spiro atoms. The van der Waals surface area contributed by atoms with E-state index in [0.29, 0.717) is 12.1 Å². The highest BCUT2D eigenvalue weighted by Gasteiger charge is 2.39. The van der Waals surface area contributed by atoms with Gasteiger partial charge >= 0.3 is 6.18 Å². The first kappa shape index (κ1) is 12.5. The van der Waals surface area contributed by atoms with Crippen LogP contribution in [0.4, 0.5) is 17.6 Å². The smallest absolute Gasteiger partial charge is 0.379 e. The zero-order chi connectivity index (χ0) is 11.8. The second-order valence-corrected chi connectivity index (χ2v) is 3.56. The van der Waals surface area contributed by atoms with Crippen LogP contribution in [0, 0.1) is 5.82 Å². The fourth-order valence-corrected chi connectivity index (χ4v) is 1.43. The highest BCUT2D eigenvalue weighted by atomic mass is 35.5. The topological polar surface area (TPSA) is 20.2 Å². The van der Waals surface area contributed by atoms with Gasteiger partial charge in [-0.15, -0.1) is 0 Å². The van der Waals surface area contributed by atoms with E-state index in [1.807, 2.05) is 0 Å². The maximum Gasteiger partial charge on any atom is 0.418 e. The van der Waals surface area contributed by atoms with Gasteiger partial charge in [0.25, 0.3) is 0 Å². The number of aliphatic hydroxyl groups is 1. The first-order chi connectivity index (χ1) is 6.73. The lowest BCUT2D eigenvalue weighted by molar-refractivity contribution is -0.206. The number of hydrogen-bond acceptors (Lipinski definition) is 1. The molecule has 1 aromatic rings. The van der Waals surface area contributed by atoms with E-state index in [9.17, 15) is 17.6 Å². The molecule has 0 fully saturated rings. The van der Waals surface area contributed by atoms with Gasteiger partial charge in [-0.3, -0.25) is 0 Å². The molecule has 15 heavy (non-hydrogen) atoms. The second kappa shape index (κ2) is 4.15. The van der Waals surface area contributed by atoms with Crippen LogP contribution in [0.3, 0.4) is 0 Å². The molecule has 0 heterocycles. The molecule has 0 bridgehead atoms. The van der Waals surface area contributed by atoms with Crippen molar-refractivity contribution in [1.82, 2.24) is 0 Å². The molecule has 0 saturated heterocycles. The molecule has 7 heteroatoms. The lowest BCUT2D eigenvalue weighted by Crippen LogP contribution is -2.20. The van der Waals surface area contributed by atoms with Crippen LogP contribution in [-0.4, -0.2) is 11.3 Å². The average Bonchev–Trinajstić information content (AvgIpc) is 2.10. The van der Waals surface area contributed by atoms with Gasteiger partial charge in [-0.25, -0.2) is 4.39 Å². The second-order valence-electron chi connectivity index (χ2n) is 2.74. The number of halogens is 6. The molecule has 0 amide bonds. The van der Waals surface area contributed by atoms with Crippen molar-refractivity contribution in [3.8, 4) is 0 Å². The van der Waals surface area contributed by atoms with E-state index < -0.39 is 33.7 Å². The molecule has 1 nitrogen and oxygen atoms in total. The average molecular weight is 263 g/mol. The maximum absolute atomic E-state index is 12.8. The predicted octanol–water partition coefficient (Wildman–Crippen LogP) is 3.73. The Hall–Kier alpha value is -0.520. The quantitative estimate of drug-likeness (QED) is 0.604. The summed E-state index contributed by atoms with van der Waals surface area (Å²) in [6.45, 7) is 0. The fourth-order valence-electron chi connectivity index (χ4n) is 0.922. The Labute approximate surface area is 92.2 Å². The summed E-state index contributed by atoms with van der Waals surface area (Å²) >= 11 is 10.6. The molecule has 1 N–H and O–H groups in total. The van der Waals surface area contributed by atoms with E-state index in [1.165, 1.54) is 0 Å². The highest BCUT2D eigenvalue weighted by Crippen LogP contribution is 2.35. The zero-order valence-electron chi connectivity index (χ0n) is 6.95. The zero-order valence-corrected chi connectivity index (χ0v) is 8.46. The van der Waals surface area contributed by atoms with Crippen molar-refractivity contribution >= 4 is 23.2 Å². The number of hydrogen-bond donors (Lipinski definition) is 1. The predicted molar refractivity (Wildman–Crippen MR) is 47.4 cm³/mol. The van der Waals surface area contributed by atoms with Gasteiger partial charge in [0.2, 0.25) is 0 Å². The van der Waals surface area contributed by atoms with Crippen molar-refractivity contribution in [2.75, 3.05) is 0 Å². The van der Waals surface area contributed by atoms with Gasteiger partial charge in [-0.1, -0.05) is 23.2 Å². The molecule has 0 saturated carbocycles. The van der Waals surface area contributed by atoms with Crippen LogP contribution in [0.25, 0.3) is 0 Å². The summed E-state index contributed by atoms with van der Waals surface area (Å²) in [5, 5.41) is 7.69. The van der Waals surface area contributed by atoms with Crippen LogP contribution >= 0.6 is 23.2 Å². The van der Waals surface area contributed by atoms with Crippen molar-refractivity contribution < 1.29 is 22.7 Å². The Balaban J connectivity index is 3.17. The van der Waals surface area contributed by atoms with Crippen LogP contribution < -0.4 is 0 Å². The molecular weight excluding hydrogens is 259 g/mol. The number of alkyl halides is 3. The lowest BCUT2D eigenvalue weighted by atomic mass is 10.1. The van der Waals surface area contributed by atoms with Crippen molar-refractivity contribution in [3.63, 3.8) is 0 Å². The largest absolute Gasteiger partial charge is 0.418 e. The molecule has 0 aliphatic rings. The van der Waals surface area contributed by atoms with E-state index >= 15 is 0 Å². The van der Waals surface area contributed by atoms with Gasteiger partial charge in [0.1, 0.15) is 0 Å². The number of benzene rings is 1. The van der Waals surface area contributed by atoms with Crippen molar-refractivity contribution in [2.24, 2.45) is 0 Å². The maximum atomic E-state index is 12.8. The first-order valence-corrected chi connectivity index (χ1v) is 4.38. The lowest BCUT2D eigenvalue weighted by Gasteiger charge is -2.15. The summed E-state index contributed by atoms with van der Waals surface area (Å²) in [6.07, 6.45) is -7.57. The number of aliphatic hydroxyl groups excluding tert-OH is 1. The van der Waals surface area contributed by atoms with E-state index in [0.717, 1.165) is 0 Å². The Morgan fingerprint density at radius 3 is 1.87 bits per heavy atom. The molecule has 0 aliphatic carbocycles. The van der Waals surface area contributed by atoms with Crippen LogP contribution in [0.1, 0.15) is 11.7 Å². The minimum Gasteiger partial charge on any atom is -0.379 e. The van der Waals surface area contributed by atoms with Gasteiger partial charge in [-0.05, 0) is 17.7 Å². The standard InChI is InChI=1S/C8H4Cl2F4O/c9-4-1-3(2-5(10)6(4)11)7(15)8(12,13)14/h1-2,7,15H/t7-/m0/s1. The molecule has 84 valence electrons. The molecule has 0 aliphatic heterocycles. The van der Waals surface area contributed by atoms with Gasteiger partial charge < -0.3 is 5.11 Å². The van der Waals surface area contributed by atoms with Crippen LogP contribution in [-0.2, 0) is 0 Å². The first-order valence-electron chi connectivity index (χ1n) is 3.62. The summed E-state index contributed by atoms with van der Waals surface area (Å²) < 4.78 is 49.1. The Morgan fingerprint density at radius 2 is 1.53 bits per heavy atom. The third-order valence-corrected chi connectivity index (χ3v) is 2.18. The molecule has 1 atom stereocenters. The third-order valence-electron chi connectivity index (χ3n) is 1.63. The highest BCUT2D eigenvalue weighted by molar-refractivity contribution is 6.35. The van der Waals surface area contributed by atoms with Crippen LogP contribution in [0.5, 0.6) is 0 Å². The Bertz CT molecular complexity index is 354. The number of rotatable bonds is 1. The Kier molecular flexibility index (Phi) is 3.48. The molecular formula is C8H4Cl2F4O. The van der Waals surface area contributed by atoms with E-state index in [1.54, 1.807) is 0 Å². The summed E-state index contributed by atoms with van der Waals surface area (Å²) in [5.74, 6) is -1.02. The van der Waals surface area contributed by atoms with Gasteiger partial charge in [0.05, 0.1) is 10.0 Å². The molecule has 0 unspecified atom stereocenters. The Morgan fingerprint density at radius 1 is 1.13 bits per heavy atom. The molecule has 1 rings (SSSR count). The minimum atomic E-state index is -4.84. The normalized spacial score (nSPS) is 14.1. The van der Waals surface area contributed by atoms with Crippen LogP contribution in [0.2, 0.25) is 10.0 Å². The van der Waals surface area contributed by atoms with E-state index in [-0.39, 0.29) is 0 Å². The van der Waals surface area contributed by atoms with Crippen molar-refractivity contribution in [3.05, 3.63) is 33.6 Å². The monoisotopic (exact) mass is 262 g/mol. The summed E-state index contributed by atoms with van der Waals surface area (Å²) in [7, 11) is 0. The van der Waals surface area contributed by atoms with E-state index in [4.69, 9.17) is 28.3 Å². The van der Waals surface area contributed by atoms with E-state index in [2.05, 4.69) is 0 Å². The summed E-state index contributed by atoms with van der Waals surface area (Å²) in [4.78, 5) is 0. The van der Waals surface area contributed by atoms with Crippen molar-refractivity contribution in [1.29, 1.82) is 0 Å². The van der Waals surface area contributed by atoms with Crippen molar-refractivity contribution in [2.45, 2.75) is 12.3 Å². The summed E-state index contributed by atoms with van der Waals surface area (Å²) in [5.41, 5.74) is -0.598. The molecule has 0 aromatic heterocycles. The molecule has 0 radical (unpaired) electrons. The van der Waals surface area contributed by atoms with Gasteiger partial charge in [0, 0.05) is 0 Å². The molecule has 1 aromatic carbocycles. The SMILES string of the molecule is O[C@@H](c1cc(Cl)c(F)c(Cl)c1)C(F)(F)F. The van der Waals surface area contributed by atoms with Gasteiger partial charge in [-0.2, -0.15) is 13.2 Å². The third kappa shape index (κ3) is 2.74.